The Morgan fingerprint density at radius 2 is 0.735 bits per heavy atom. The zero-order chi connectivity index (χ0) is 104. The molecule has 0 atom stereocenters. The summed E-state index contributed by atoms with van der Waals surface area (Å²) in [7, 11) is -14.8. The molecule has 0 spiro atoms. The third-order valence-corrected chi connectivity index (χ3v) is 29.5. The number of nitrogens with two attached hydrogens (primary N) is 1. The number of carbonyl (C=O) groups excluding carboxylic acids is 4. The Labute approximate surface area is 841 Å². The van der Waals surface area contributed by atoms with Gasteiger partial charge >= 0.3 is 0 Å². The summed E-state index contributed by atoms with van der Waals surface area (Å²) in [5, 5.41) is 2.58. The van der Waals surface area contributed by atoms with Crippen LogP contribution in [0.15, 0.2) is 260 Å². The number of aromatic nitrogens is 13. The van der Waals surface area contributed by atoms with Crippen molar-refractivity contribution in [3.8, 4) is 50.3 Å². The second kappa shape index (κ2) is 40.1. The molecule has 21 rings (SSSR count). The maximum atomic E-state index is 14.7. The lowest BCUT2D eigenvalue weighted by atomic mass is 10.0. The molecule has 35 nitrogen and oxygen atoms in total. The Morgan fingerprint density at radius 1 is 0.388 bits per heavy atom. The smallest absolute Gasteiger partial charge is 0.282 e. The third kappa shape index (κ3) is 20.4. The fraction of sp³-hybridized carbons (Fsp3) is 0.0918. The van der Waals surface area contributed by atoms with Crippen LogP contribution in [-0.2, 0) is 66.3 Å². The van der Waals surface area contributed by atoms with E-state index in [0.29, 0.717) is 77.0 Å². The highest BCUT2D eigenvalue weighted by Crippen LogP contribution is 2.46. The summed E-state index contributed by atoms with van der Waals surface area (Å²) in [5.41, 5.74) is 14.1. The number of methoxy groups -OCH3 is 1. The first-order valence-electron chi connectivity index (χ1n) is 43.2. The lowest BCUT2D eigenvalue weighted by molar-refractivity contribution is 0.0965. The molecule has 0 unspecified atom stereocenters. The number of aromatic amines is 4. The average molecular weight is 2140 g/mol. The van der Waals surface area contributed by atoms with Crippen molar-refractivity contribution in [1.29, 1.82) is 0 Å². The van der Waals surface area contributed by atoms with Gasteiger partial charge in [0.2, 0.25) is 30.1 Å². The van der Waals surface area contributed by atoms with E-state index in [0.717, 1.165) is 85.0 Å². The summed E-state index contributed by atoms with van der Waals surface area (Å²) in [5.74, 6) is -7.80. The molecule has 13 aromatic heterocycles. The van der Waals surface area contributed by atoms with Crippen LogP contribution < -0.4 is 51.6 Å². The molecular formula is C98H72F6N18O17S8. The van der Waals surface area contributed by atoms with Gasteiger partial charge in [0.25, 0.3) is 55.9 Å². The van der Waals surface area contributed by atoms with Crippen LogP contribution in [-0.4, -0.2) is 146 Å². The summed E-state index contributed by atoms with van der Waals surface area (Å²) in [4.78, 5) is 138. The number of H-pyrrole nitrogens is 4. The van der Waals surface area contributed by atoms with Crippen molar-refractivity contribution in [3.05, 3.63) is 362 Å². The van der Waals surface area contributed by atoms with Crippen LogP contribution in [0.3, 0.4) is 0 Å². The van der Waals surface area contributed by atoms with Crippen molar-refractivity contribution in [1.82, 2.24) is 82.0 Å². The lowest BCUT2D eigenvalue weighted by Gasteiger charge is -2.14. The number of halogens is 6. The van der Waals surface area contributed by atoms with Crippen LogP contribution in [0.4, 0.5) is 32.2 Å². The van der Waals surface area contributed by atoms with E-state index in [9.17, 15) is 98.4 Å². The quantitative estimate of drug-likeness (QED) is 0.0285. The SMILES string of the molecule is COc1ccc(S(=O)(=O)NC(=O)c2c(-c3ccc[nH]c3=O)c3c4ncsc4ccc3n2Cc2ccnc(N)c2)cc1.CS(=O)(=O)NC(=O)c1c(-c2ccc[nH]c2=O)c2c3ncsc3ccc2n1Cc1cc(F)ccc1F.CS(=O)(=O)NC(=O)c1c(-c2ccc[nH]c2=O)c2c3ncsc3ccc2n1Cc1ccc(F)cc1F.Cc1nc2c(ccc3c2c(-c2ccc[nH]c2=O)c(C(=O)NS(C)(=O)=O)n3Cc2ccc(F)cc2F)s1. The Kier molecular flexibility index (Phi) is 27.4. The number of nitrogens with one attached hydrogen (secondary N) is 8. The summed E-state index contributed by atoms with van der Waals surface area (Å²) in [6.07, 6.45) is 9.77. The summed E-state index contributed by atoms with van der Waals surface area (Å²) < 4.78 is 206. The average Bonchev–Trinajstić information content (AvgIpc) is 1.58. The Morgan fingerprint density at radius 3 is 1.10 bits per heavy atom. The Bertz CT molecular complexity index is 9800. The molecule has 0 radical (unpaired) electrons. The highest BCUT2D eigenvalue weighted by Gasteiger charge is 2.37. The summed E-state index contributed by atoms with van der Waals surface area (Å²) in [6, 6.07) is 44.6. The van der Waals surface area contributed by atoms with Crippen LogP contribution in [0.1, 0.15) is 69.2 Å². The van der Waals surface area contributed by atoms with E-state index < -0.39 is 121 Å². The van der Waals surface area contributed by atoms with E-state index >= 15 is 0 Å². The van der Waals surface area contributed by atoms with Gasteiger partial charge in [-0.25, -0.2) is 104 Å². The molecule has 0 aliphatic heterocycles. The van der Waals surface area contributed by atoms with Gasteiger partial charge in [-0.1, -0.05) is 12.1 Å². The Balaban J connectivity index is 0.000000129. The van der Waals surface area contributed by atoms with E-state index in [1.165, 1.54) is 146 Å². The van der Waals surface area contributed by atoms with Gasteiger partial charge in [0, 0.05) is 110 Å². The van der Waals surface area contributed by atoms with Gasteiger partial charge in [0.05, 0.1) is 157 Å². The molecule has 0 aliphatic carbocycles. The molecule has 13 heterocycles. The van der Waals surface area contributed by atoms with E-state index in [-0.39, 0.29) is 121 Å². The molecule has 10 N–H and O–H groups in total. The van der Waals surface area contributed by atoms with Crippen LogP contribution in [0, 0.1) is 41.8 Å². The highest BCUT2D eigenvalue weighted by molar-refractivity contribution is 7.90. The van der Waals surface area contributed by atoms with E-state index in [1.807, 2.05) is 33.2 Å². The first kappa shape index (κ1) is 100. The molecule has 21 aromatic rings. The lowest BCUT2D eigenvalue weighted by Crippen LogP contribution is -2.33. The van der Waals surface area contributed by atoms with E-state index in [1.54, 1.807) is 106 Å². The molecular weight excluding hydrogens is 2070 g/mol. The van der Waals surface area contributed by atoms with Crippen LogP contribution in [0.25, 0.3) is 129 Å². The zero-order valence-corrected chi connectivity index (χ0v) is 83.0. The number of aryl methyl sites for hydroxylation is 1. The number of rotatable bonds is 22. The number of hydrogen-bond acceptors (Lipinski definition) is 27. The molecule has 0 saturated heterocycles. The minimum atomic E-state index is -4.31. The van der Waals surface area contributed by atoms with Gasteiger partial charge in [0.1, 0.15) is 69.2 Å². The number of pyridine rings is 5. The maximum Gasteiger partial charge on any atom is 0.282 e. The normalized spacial score (nSPS) is 11.8. The second-order valence-corrected chi connectivity index (χ2v) is 43.7. The number of anilines is 1. The van der Waals surface area contributed by atoms with Gasteiger partial charge in [-0.05, 0) is 176 Å². The number of hydrogen-bond donors (Lipinski definition) is 9. The first-order valence-corrected chi connectivity index (χ1v) is 53.8. The van der Waals surface area contributed by atoms with Crippen molar-refractivity contribution < 1.29 is 83.9 Å². The van der Waals surface area contributed by atoms with Gasteiger partial charge in [-0.15, -0.1) is 45.3 Å². The zero-order valence-electron chi connectivity index (χ0n) is 76.4. The molecule has 0 fully saturated rings. The highest BCUT2D eigenvalue weighted by atomic mass is 32.2. The molecule has 49 heteroatoms. The molecule has 4 amide bonds. The number of benzene rings is 8. The predicted molar refractivity (Wildman–Crippen MR) is 548 cm³/mol. The summed E-state index contributed by atoms with van der Waals surface area (Å²) in [6.45, 7) is 1.15. The molecule has 746 valence electrons. The van der Waals surface area contributed by atoms with Crippen molar-refractivity contribution >= 4 is 199 Å². The van der Waals surface area contributed by atoms with E-state index in [4.69, 9.17) is 10.5 Å². The largest absolute Gasteiger partial charge is 0.497 e. The second-order valence-electron chi connectivity index (χ2n) is 32.9. The minimum absolute atomic E-state index is 0.0235. The third-order valence-electron chi connectivity index (χ3n) is 23.1. The molecule has 0 saturated carbocycles. The van der Waals surface area contributed by atoms with Gasteiger partial charge < -0.3 is 48.7 Å². The number of nitrogen functional groups attached to an aromatic ring is 1. The minimum Gasteiger partial charge on any atom is -0.497 e. The molecule has 0 bridgehead atoms. The Hall–Kier alpha value is -16.7. The molecule has 0 aliphatic rings. The van der Waals surface area contributed by atoms with Crippen molar-refractivity contribution in [2.24, 2.45) is 0 Å². The number of amides is 4. The summed E-state index contributed by atoms with van der Waals surface area (Å²) >= 11 is 5.51. The van der Waals surface area contributed by atoms with Gasteiger partial charge in [-0.2, -0.15) is 0 Å². The maximum absolute atomic E-state index is 14.7. The van der Waals surface area contributed by atoms with E-state index in [2.05, 4.69) is 49.6 Å². The number of sulfonamides is 4. The number of ether oxygens (including phenoxy) is 1. The fourth-order valence-electron chi connectivity index (χ4n) is 17.2. The molecule has 147 heavy (non-hydrogen) atoms. The topological polar surface area (TPSA) is 504 Å². The van der Waals surface area contributed by atoms with Crippen LogP contribution in [0.5, 0.6) is 5.75 Å². The number of carbonyl (C=O) groups is 4. The van der Waals surface area contributed by atoms with Crippen molar-refractivity contribution in [2.45, 2.75) is 38.0 Å². The number of thiazole rings is 4. The molecule has 8 aromatic carbocycles. The van der Waals surface area contributed by atoms with Crippen molar-refractivity contribution in [3.63, 3.8) is 0 Å². The first-order chi connectivity index (χ1) is 70.1. The van der Waals surface area contributed by atoms with Crippen LogP contribution >= 0.6 is 45.3 Å². The van der Waals surface area contributed by atoms with Crippen molar-refractivity contribution in [2.75, 3.05) is 31.6 Å². The fourth-order valence-corrected chi connectivity index (χ4v) is 22.4. The standard InChI is InChI=1S/C28H22N6O5S2.C24H18F2N4O4S2.2C23H16F2N4O4S2/c1-39-17-4-6-18(7-5-17)41(37,38)33-28(36)26-23(19-3-2-11-31-27(19)35)24-20(8-9-21-25(24)32-15-40-21)34(26)14-16-10-12-30-22(29)13-16;1-12-28-21-18(35-12)8-7-17-20(21)19(15-4-3-9-27-23(15)31)22(24(32)29-36(2,33)34)30(17)11-13-5-6-14(25)10-16(13)26;1-35(32,33)28-23(31)21-18(14-3-2-8-26-22(14)30)19-16(6-7-17-20(19)27-11-34-17)29(21)10-12-9-13(24)4-5-15(12)25;1-35(32,33)28-23(31)21-18(14-3-2-8-26-22(14)30)19-16(6-7-17-20(19)27-11-34-17)29(21)10-12-4-5-13(24)9-15(12)25/h2-13,15H,14H2,1H3,(H2,29,30)(H,31,35)(H,33,36);3-10H,11H2,1-2H3,(H,27,31)(H,29,32);2*2-9,11H,10H2,1H3,(H,26,30)(H,28,31). The van der Waals surface area contributed by atoms with Crippen LogP contribution in [0.2, 0.25) is 0 Å². The van der Waals surface area contributed by atoms with Gasteiger partial charge in [-0.3, -0.25) is 38.4 Å². The number of fused-ring (bicyclic) bond motifs is 12. The number of nitrogens with zero attached hydrogens (tertiary/aromatic N) is 9. The van der Waals surface area contributed by atoms with Gasteiger partial charge in [0.15, 0.2) is 0 Å². The predicted octanol–water partition coefficient (Wildman–Crippen LogP) is 14.9. The monoisotopic (exact) mass is 2140 g/mol.